The van der Waals surface area contributed by atoms with Crippen LogP contribution in [0, 0.1) is 23.0 Å². The second-order valence-electron chi connectivity index (χ2n) is 8.70. The molecule has 0 radical (unpaired) electrons. The molecule has 1 unspecified atom stereocenters. The Morgan fingerprint density at radius 1 is 1.26 bits per heavy atom. The Bertz CT molecular complexity index is 1250. The van der Waals surface area contributed by atoms with Crippen molar-refractivity contribution in [2.24, 2.45) is 11.3 Å². The van der Waals surface area contributed by atoms with E-state index in [1.807, 2.05) is 13.8 Å². The molecule has 0 spiro atoms. The summed E-state index contributed by atoms with van der Waals surface area (Å²) < 4.78 is 34.3. The molecule has 3 heterocycles. The number of benzene rings is 1. The molecule has 0 aliphatic carbocycles. The summed E-state index contributed by atoms with van der Waals surface area (Å²) in [6.07, 6.45) is 0.890. The summed E-state index contributed by atoms with van der Waals surface area (Å²) in [6.45, 7) is 4.45. The molecule has 11 heteroatoms. The Kier molecular flexibility index (Phi) is 6.72. The van der Waals surface area contributed by atoms with Gasteiger partial charge in [0.2, 0.25) is 5.78 Å². The van der Waals surface area contributed by atoms with Gasteiger partial charge in [-0.15, -0.1) is 0 Å². The van der Waals surface area contributed by atoms with Crippen molar-refractivity contribution in [2.75, 3.05) is 19.7 Å². The molecular formula is C23H22ClF2N5O3. The predicted molar refractivity (Wildman–Crippen MR) is 119 cm³/mol. The molecule has 1 atom stereocenters. The fraction of sp³-hybridized carbons (Fsp3) is 0.348. The van der Waals surface area contributed by atoms with Crippen LogP contribution in [0.3, 0.4) is 0 Å². The number of carbonyl (C=O) groups is 2. The van der Waals surface area contributed by atoms with Crippen LogP contribution in [0.2, 0.25) is 5.15 Å². The molecule has 1 aliphatic heterocycles. The fourth-order valence-electron chi connectivity index (χ4n) is 3.78. The van der Waals surface area contributed by atoms with Crippen LogP contribution in [0.4, 0.5) is 8.78 Å². The number of esters is 1. The van der Waals surface area contributed by atoms with Gasteiger partial charge in [-0.1, -0.05) is 43.6 Å². The lowest BCUT2D eigenvalue weighted by Gasteiger charge is -2.23. The van der Waals surface area contributed by atoms with E-state index < -0.39 is 35.1 Å². The topological polar surface area (TPSA) is 99.0 Å². The Labute approximate surface area is 199 Å². The summed E-state index contributed by atoms with van der Waals surface area (Å²) >= 11 is 5.75. The van der Waals surface area contributed by atoms with E-state index in [0.29, 0.717) is 18.7 Å². The number of aromatic nitrogens is 4. The zero-order chi connectivity index (χ0) is 24.5. The molecule has 4 rings (SSSR count). The zero-order valence-corrected chi connectivity index (χ0v) is 19.3. The Hall–Kier alpha value is -3.24. The van der Waals surface area contributed by atoms with Crippen molar-refractivity contribution in [1.82, 2.24) is 25.1 Å². The summed E-state index contributed by atoms with van der Waals surface area (Å²) in [5.41, 5.74) is 0.187. The molecule has 8 nitrogen and oxygen atoms in total. The van der Waals surface area contributed by atoms with Crippen LogP contribution in [0.1, 0.15) is 29.9 Å². The Balaban J connectivity index is 1.60. The number of carbonyl (C=O) groups excluding carboxylic acids is 2. The van der Waals surface area contributed by atoms with E-state index in [1.165, 1.54) is 16.8 Å². The maximum Gasteiger partial charge on any atom is 0.311 e. The van der Waals surface area contributed by atoms with E-state index in [9.17, 15) is 18.4 Å². The van der Waals surface area contributed by atoms with Crippen molar-refractivity contribution in [3.63, 3.8) is 0 Å². The van der Waals surface area contributed by atoms with Crippen LogP contribution in [0.5, 0.6) is 0 Å². The molecule has 34 heavy (non-hydrogen) atoms. The normalized spacial score (nSPS) is 17.0. The Morgan fingerprint density at radius 2 is 2.03 bits per heavy atom. The van der Waals surface area contributed by atoms with E-state index >= 15 is 0 Å². The summed E-state index contributed by atoms with van der Waals surface area (Å²) in [5, 5.41) is 7.06. The van der Waals surface area contributed by atoms with Crippen LogP contribution in [0.15, 0.2) is 36.5 Å². The summed E-state index contributed by atoms with van der Waals surface area (Å²) in [4.78, 5) is 33.3. The van der Waals surface area contributed by atoms with Gasteiger partial charge < -0.3 is 10.1 Å². The second kappa shape index (κ2) is 9.55. The van der Waals surface area contributed by atoms with Crippen molar-refractivity contribution < 1.29 is 23.1 Å². The van der Waals surface area contributed by atoms with Gasteiger partial charge in [0.1, 0.15) is 17.2 Å². The largest absolute Gasteiger partial charge is 0.457 e. The first-order chi connectivity index (χ1) is 16.2. The predicted octanol–water partition coefficient (Wildman–Crippen LogP) is 3.29. The lowest BCUT2D eigenvalue weighted by Crippen LogP contribution is -2.32. The van der Waals surface area contributed by atoms with Crippen LogP contribution < -0.4 is 5.32 Å². The van der Waals surface area contributed by atoms with Gasteiger partial charge in [0.05, 0.1) is 18.7 Å². The highest BCUT2D eigenvalue weighted by atomic mass is 35.5. The highest BCUT2D eigenvalue weighted by Gasteiger charge is 2.40. The SMILES string of the molecule is CC1(C)CNCC1C(=O)OCC(=O)c1cc(-c2ncc(F)c(Cl)n2)nn1Cc1ccccc1F. The standard InChI is InChI=1S/C23H22ClF2N5O3/c1-23(2)12-27-8-14(23)22(33)34-11-19(32)18-7-17(21-28-9-16(26)20(24)29-21)30-31(18)10-13-5-3-4-6-15(13)25/h3-7,9,14,27H,8,10-12H2,1-2H3. The smallest absolute Gasteiger partial charge is 0.311 e. The fourth-order valence-corrected chi connectivity index (χ4v) is 3.91. The number of hydrogen-bond acceptors (Lipinski definition) is 7. The lowest BCUT2D eigenvalue weighted by molar-refractivity contribution is -0.149. The van der Waals surface area contributed by atoms with Gasteiger partial charge in [-0.3, -0.25) is 14.3 Å². The average molecular weight is 490 g/mol. The van der Waals surface area contributed by atoms with Crippen molar-refractivity contribution in [1.29, 1.82) is 0 Å². The number of nitrogens with zero attached hydrogens (tertiary/aromatic N) is 4. The lowest BCUT2D eigenvalue weighted by atomic mass is 9.82. The average Bonchev–Trinajstić information content (AvgIpc) is 3.38. The van der Waals surface area contributed by atoms with Crippen molar-refractivity contribution in [3.05, 3.63) is 64.6 Å². The molecule has 0 bridgehead atoms. The van der Waals surface area contributed by atoms with Crippen molar-refractivity contribution in [3.8, 4) is 11.5 Å². The van der Waals surface area contributed by atoms with Crippen molar-refractivity contribution >= 4 is 23.4 Å². The molecule has 0 saturated carbocycles. The second-order valence-corrected chi connectivity index (χ2v) is 9.06. The van der Waals surface area contributed by atoms with Crippen molar-refractivity contribution in [2.45, 2.75) is 20.4 Å². The number of rotatable bonds is 7. The first-order valence-corrected chi connectivity index (χ1v) is 10.9. The summed E-state index contributed by atoms with van der Waals surface area (Å²) in [7, 11) is 0. The van der Waals surface area contributed by atoms with Gasteiger partial charge in [-0.2, -0.15) is 5.10 Å². The van der Waals surface area contributed by atoms with Gasteiger partial charge in [0.15, 0.2) is 23.4 Å². The van der Waals surface area contributed by atoms with Crippen LogP contribution in [-0.2, 0) is 16.1 Å². The third-order valence-corrected chi connectivity index (χ3v) is 6.04. The molecule has 1 aromatic carbocycles. The van der Waals surface area contributed by atoms with Crippen LogP contribution in [-0.4, -0.2) is 51.2 Å². The highest BCUT2D eigenvalue weighted by Crippen LogP contribution is 2.31. The molecule has 2 aromatic heterocycles. The molecule has 1 aliphatic rings. The summed E-state index contributed by atoms with van der Waals surface area (Å²) in [6, 6.07) is 7.44. The van der Waals surface area contributed by atoms with Gasteiger partial charge in [-0.05, 0) is 17.5 Å². The van der Waals surface area contributed by atoms with Gasteiger partial charge in [0.25, 0.3) is 0 Å². The van der Waals surface area contributed by atoms with E-state index in [-0.39, 0.29) is 35.1 Å². The van der Waals surface area contributed by atoms with E-state index in [2.05, 4.69) is 20.4 Å². The molecule has 1 saturated heterocycles. The Morgan fingerprint density at radius 3 is 2.71 bits per heavy atom. The third kappa shape index (κ3) is 4.97. The quantitative estimate of drug-likeness (QED) is 0.309. The van der Waals surface area contributed by atoms with Gasteiger partial charge in [-0.25, -0.2) is 18.7 Å². The minimum atomic E-state index is -0.802. The third-order valence-electron chi connectivity index (χ3n) is 5.78. The molecular weight excluding hydrogens is 468 g/mol. The molecule has 178 valence electrons. The number of ketones is 1. The number of halogens is 3. The molecule has 1 N–H and O–H groups in total. The monoisotopic (exact) mass is 489 g/mol. The van der Waals surface area contributed by atoms with E-state index in [0.717, 1.165) is 6.20 Å². The van der Waals surface area contributed by atoms with Gasteiger partial charge in [0, 0.05) is 18.7 Å². The van der Waals surface area contributed by atoms with E-state index in [4.69, 9.17) is 16.3 Å². The van der Waals surface area contributed by atoms with E-state index in [1.54, 1.807) is 18.2 Å². The van der Waals surface area contributed by atoms with Crippen LogP contribution in [0.25, 0.3) is 11.5 Å². The minimum Gasteiger partial charge on any atom is -0.457 e. The highest BCUT2D eigenvalue weighted by molar-refractivity contribution is 6.29. The molecule has 3 aromatic rings. The maximum atomic E-state index is 14.2. The minimum absolute atomic E-state index is 0.0106. The number of nitrogens with one attached hydrogen (secondary N) is 1. The zero-order valence-electron chi connectivity index (χ0n) is 18.5. The summed E-state index contributed by atoms with van der Waals surface area (Å²) in [5.74, 6) is -2.68. The number of Topliss-reactive ketones (excluding diaryl/α,β-unsaturated/α-hetero) is 1. The first kappa shape index (κ1) is 23.9. The molecule has 1 fully saturated rings. The van der Waals surface area contributed by atoms with Crippen LogP contribution >= 0.6 is 11.6 Å². The number of ether oxygens (including phenoxy) is 1. The maximum absolute atomic E-state index is 14.2. The first-order valence-electron chi connectivity index (χ1n) is 10.6. The van der Waals surface area contributed by atoms with Gasteiger partial charge >= 0.3 is 5.97 Å². The number of hydrogen-bond donors (Lipinski definition) is 1. The molecule has 0 amide bonds.